The Morgan fingerprint density at radius 1 is 1.59 bits per heavy atom. The molecule has 1 aromatic rings. The third kappa shape index (κ3) is 2.21. The molecule has 0 amide bonds. The van der Waals surface area contributed by atoms with Crippen molar-refractivity contribution in [1.82, 2.24) is 14.9 Å². The van der Waals surface area contributed by atoms with Crippen LogP contribution in [0, 0.1) is 6.92 Å². The minimum Gasteiger partial charge on any atom is -0.477 e. The number of nitrogens with zero attached hydrogens (tertiary/aromatic N) is 2. The van der Waals surface area contributed by atoms with Gasteiger partial charge in [-0.15, -0.1) is 0 Å². The van der Waals surface area contributed by atoms with Gasteiger partial charge in [0.25, 0.3) is 0 Å². The first-order valence-electron chi connectivity index (χ1n) is 5.07. The van der Waals surface area contributed by atoms with E-state index < -0.39 is 12.2 Å². The predicted octanol–water partition coefficient (Wildman–Crippen LogP) is 0.577. The molecule has 2 heterocycles. The Hall–Kier alpha value is -2.08. The lowest BCUT2D eigenvalue weighted by atomic mass is 10.2. The first-order chi connectivity index (χ1) is 8.11. The monoisotopic (exact) mass is 235 g/mol. The number of dihydropyridines is 1. The van der Waals surface area contributed by atoms with Crippen LogP contribution in [0.5, 0.6) is 0 Å². The normalized spacial score (nSPS) is 19.3. The van der Waals surface area contributed by atoms with Crippen LogP contribution in [-0.4, -0.2) is 34.0 Å². The Morgan fingerprint density at radius 2 is 2.35 bits per heavy atom. The summed E-state index contributed by atoms with van der Waals surface area (Å²) in [5.41, 5.74) is 1.78. The number of carboxylic acids is 1. The second kappa shape index (κ2) is 4.42. The van der Waals surface area contributed by atoms with Crippen LogP contribution in [0.25, 0.3) is 5.70 Å². The van der Waals surface area contributed by atoms with Gasteiger partial charge in [-0.2, -0.15) is 0 Å². The van der Waals surface area contributed by atoms with Crippen LogP contribution in [-0.2, 0) is 9.53 Å². The molecule has 1 unspecified atom stereocenters. The van der Waals surface area contributed by atoms with E-state index in [1.807, 2.05) is 13.1 Å². The highest BCUT2D eigenvalue weighted by atomic mass is 16.5. The van der Waals surface area contributed by atoms with Crippen molar-refractivity contribution in [3.8, 4) is 0 Å². The average Bonchev–Trinajstić information content (AvgIpc) is 2.74. The SMILES string of the molecule is COC1NC(C(=O)O)=CC=C1n1cnc(C)c1. The first kappa shape index (κ1) is 11.4. The Balaban J connectivity index is 2.35. The molecule has 0 aliphatic carbocycles. The maximum Gasteiger partial charge on any atom is 0.352 e. The third-order valence-corrected chi connectivity index (χ3v) is 2.45. The van der Waals surface area contributed by atoms with Gasteiger partial charge in [-0.1, -0.05) is 0 Å². The fraction of sp³-hybridized carbons (Fsp3) is 0.273. The van der Waals surface area contributed by atoms with Gasteiger partial charge < -0.3 is 19.7 Å². The molecule has 0 fully saturated rings. The maximum absolute atomic E-state index is 10.8. The van der Waals surface area contributed by atoms with E-state index in [-0.39, 0.29) is 5.70 Å². The van der Waals surface area contributed by atoms with Gasteiger partial charge in [-0.05, 0) is 19.1 Å². The van der Waals surface area contributed by atoms with Crippen molar-refractivity contribution in [2.24, 2.45) is 0 Å². The zero-order chi connectivity index (χ0) is 12.4. The smallest absolute Gasteiger partial charge is 0.352 e. The van der Waals surface area contributed by atoms with Gasteiger partial charge in [0.15, 0.2) is 6.23 Å². The largest absolute Gasteiger partial charge is 0.477 e. The highest BCUT2D eigenvalue weighted by molar-refractivity contribution is 5.87. The number of aryl methyl sites for hydroxylation is 1. The van der Waals surface area contributed by atoms with Gasteiger partial charge >= 0.3 is 5.97 Å². The number of carbonyl (C=O) groups is 1. The van der Waals surface area contributed by atoms with Gasteiger partial charge in [0.05, 0.1) is 17.7 Å². The Kier molecular flexibility index (Phi) is 2.97. The number of hydrogen-bond acceptors (Lipinski definition) is 4. The first-order valence-corrected chi connectivity index (χ1v) is 5.07. The van der Waals surface area contributed by atoms with E-state index in [4.69, 9.17) is 9.84 Å². The van der Waals surface area contributed by atoms with E-state index in [1.54, 1.807) is 17.0 Å². The molecular formula is C11H13N3O3. The molecule has 0 saturated heterocycles. The number of nitrogens with one attached hydrogen (secondary N) is 1. The molecule has 0 bridgehead atoms. The van der Waals surface area contributed by atoms with Gasteiger partial charge in [-0.3, -0.25) is 0 Å². The van der Waals surface area contributed by atoms with Crippen molar-refractivity contribution in [1.29, 1.82) is 0 Å². The second-order valence-electron chi connectivity index (χ2n) is 3.66. The second-order valence-corrected chi connectivity index (χ2v) is 3.66. The van der Waals surface area contributed by atoms with Crippen LogP contribution in [0.15, 0.2) is 30.4 Å². The highest BCUT2D eigenvalue weighted by Gasteiger charge is 2.22. The molecule has 1 atom stereocenters. The summed E-state index contributed by atoms with van der Waals surface area (Å²) >= 11 is 0. The van der Waals surface area contributed by atoms with Crippen LogP contribution in [0.3, 0.4) is 0 Å². The van der Waals surface area contributed by atoms with Gasteiger partial charge in [0.2, 0.25) is 0 Å². The molecule has 90 valence electrons. The van der Waals surface area contributed by atoms with E-state index in [2.05, 4.69) is 10.3 Å². The quantitative estimate of drug-likeness (QED) is 0.801. The average molecular weight is 235 g/mol. The van der Waals surface area contributed by atoms with Crippen molar-refractivity contribution >= 4 is 11.7 Å². The summed E-state index contributed by atoms with van der Waals surface area (Å²) < 4.78 is 7.01. The third-order valence-electron chi connectivity index (χ3n) is 2.45. The standard InChI is InChI=1S/C11H13N3O3/c1-7-5-14(6-12-7)9-4-3-8(11(15)16)13-10(9)17-2/h3-6,10,13H,1-2H3,(H,15,16). The summed E-state index contributed by atoms with van der Waals surface area (Å²) in [6.07, 6.45) is 6.21. The molecule has 0 radical (unpaired) electrons. The predicted molar refractivity (Wildman–Crippen MR) is 60.9 cm³/mol. The molecular weight excluding hydrogens is 222 g/mol. The van der Waals surface area contributed by atoms with Gasteiger partial charge in [-0.25, -0.2) is 9.78 Å². The maximum atomic E-state index is 10.8. The number of rotatable bonds is 3. The summed E-state index contributed by atoms with van der Waals surface area (Å²) in [5.74, 6) is -1.01. The summed E-state index contributed by atoms with van der Waals surface area (Å²) in [7, 11) is 1.51. The zero-order valence-electron chi connectivity index (χ0n) is 9.54. The summed E-state index contributed by atoms with van der Waals surface area (Å²) in [5, 5.41) is 11.7. The number of aromatic nitrogens is 2. The highest BCUT2D eigenvalue weighted by Crippen LogP contribution is 2.17. The fourth-order valence-corrected chi connectivity index (χ4v) is 1.62. The van der Waals surface area contributed by atoms with Gasteiger partial charge in [0.1, 0.15) is 5.70 Å². The molecule has 0 aromatic carbocycles. The van der Waals surface area contributed by atoms with E-state index in [9.17, 15) is 4.79 Å². The molecule has 0 spiro atoms. The molecule has 2 rings (SSSR count). The summed E-state index contributed by atoms with van der Waals surface area (Å²) in [6.45, 7) is 1.88. The van der Waals surface area contributed by atoms with Crippen molar-refractivity contribution < 1.29 is 14.6 Å². The number of methoxy groups -OCH3 is 1. The fourth-order valence-electron chi connectivity index (χ4n) is 1.62. The van der Waals surface area contributed by atoms with E-state index in [0.717, 1.165) is 11.4 Å². The van der Waals surface area contributed by atoms with Gasteiger partial charge in [0, 0.05) is 13.3 Å². The van der Waals surface area contributed by atoms with E-state index in [0.29, 0.717) is 0 Å². The molecule has 6 heteroatoms. The zero-order valence-corrected chi connectivity index (χ0v) is 9.54. The topological polar surface area (TPSA) is 76.4 Å². The summed E-state index contributed by atoms with van der Waals surface area (Å²) in [6, 6.07) is 0. The summed E-state index contributed by atoms with van der Waals surface area (Å²) in [4.78, 5) is 14.9. The molecule has 1 aliphatic rings. The minimum absolute atomic E-state index is 0.109. The number of allylic oxidation sites excluding steroid dienone is 2. The molecule has 1 aliphatic heterocycles. The lowest BCUT2D eigenvalue weighted by Crippen LogP contribution is -2.37. The number of carboxylic acid groups (broad SMARTS) is 1. The van der Waals surface area contributed by atoms with Crippen LogP contribution in [0.4, 0.5) is 0 Å². The number of hydrogen-bond donors (Lipinski definition) is 2. The van der Waals surface area contributed by atoms with Crippen molar-refractivity contribution in [2.75, 3.05) is 7.11 Å². The molecule has 1 aromatic heterocycles. The molecule has 6 nitrogen and oxygen atoms in total. The Labute approximate surface area is 98.2 Å². The van der Waals surface area contributed by atoms with Crippen molar-refractivity contribution in [3.63, 3.8) is 0 Å². The lowest BCUT2D eigenvalue weighted by molar-refractivity contribution is -0.133. The minimum atomic E-state index is -1.01. The van der Waals surface area contributed by atoms with Crippen molar-refractivity contribution in [3.05, 3.63) is 36.1 Å². The van der Waals surface area contributed by atoms with Crippen LogP contribution >= 0.6 is 0 Å². The number of aliphatic carboxylic acids is 1. The molecule has 17 heavy (non-hydrogen) atoms. The van der Waals surface area contributed by atoms with Crippen LogP contribution < -0.4 is 5.32 Å². The Morgan fingerprint density at radius 3 is 2.88 bits per heavy atom. The number of ether oxygens (including phenoxy) is 1. The molecule has 0 saturated carbocycles. The van der Waals surface area contributed by atoms with Crippen molar-refractivity contribution in [2.45, 2.75) is 13.2 Å². The van der Waals surface area contributed by atoms with Crippen LogP contribution in [0.2, 0.25) is 0 Å². The van der Waals surface area contributed by atoms with Crippen LogP contribution in [0.1, 0.15) is 5.69 Å². The lowest BCUT2D eigenvalue weighted by Gasteiger charge is -2.24. The van der Waals surface area contributed by atoms with E-state index >= 15 is 0 Å². The number of imidazole rings is 1. The Bertz CT molecular complexity index is 502. The van der Waals surface area contributed by atoms with E-state index in [1.165, 1.54) is 13.2 Å². The molecule has 2 N–H and O–H groups in total.